The van der Waals surface area contributed by atoms with Crippen molar-refractivity contribution < 1.29 is 24.5 Å². The van der Waals surface area contributed by atoms with Crippen LogP contribution in [0.3, 0.4) is 0 Å². The van der Waals surface area contributed by atoms with Crippen LogP contribution in [0.2, 0.25) is 0 Å². The topological polar surface area (TPSA) is 95.9 Å². The van der Waals surface area contributed by atoms with Gasteiger partial charge in [0.2, 0.25) is 0 Å². The molecule has 0 atom stereocenters. The third-order valence-electron chi connectivity index (χ3n) is 2.83. The largest absolute Gasteiger partial charge is 0.507 e. The van der Waals surface area contributed by atoms with Gasteiger partial charge in [-0.15, -0.1) is 0 Å². The van der Waals surface area contributed by atoms with E-state index in [1.807, 2.05) is 0 Å². The summed E-state index contributed by atoms with van der Waals surface area (Å²) < 4.78 is 4.62. The van der Waals surface area contributed by atoms with Crippen molar-refractivity contribution >= 4 is 17.6 Å². The highest BCUT2D eigenvalue weighted by atomic mass is 16.5. The molecule has 0 saturated heterocycles. The number of methoxy groups -OCH3 is 1. The molecule has 0 bridgehead atoms. The minimum Gasteiger partial charge on any atom is -0.507 e. The van der Waals surface area contributed by atoms with E-state index in [-0.39, 0.29) is 28.3 Å². The van der Waals surface area contributed by atoms with Crippen molar-refractivity contribution in [3.8, 4) is 11.5 Å². The lowest BCUT2D eigenvalue weighted by Gasteiger charge is -2.11. The number of hydrogen-bond acceptors (Lipinski definition) is 5. The van der Waals surface area contributed by atoms with Crippen LogP contribution in [0.4, 0.5) is 5.69 Å². The maximum Gasteiger partial charge on any atom is 0.339 e. The average Bonchev–Trinajstić information content (AvgIpc) is 2.47. The number of benzene rings is 2. The van der Waals surface area contributed by atoms with E-state index in [2.05, 4.69) is 10.1 Å². The summed E-state index contributed by atoms with van der Waals surface area (Å²) in [6.45, 7) is 0. The molecule has 0 aromatic heterocycles. The number of carbonyl (C=O) groups is 2. The zero-order chi connectivity index (χ0) is 15.4. The van der Waals surface area contributed by atoms with Crippen LogP contribution in [-0.4, -0.2) is 29.2 Å². The molecule has 0 spiro atoms. The summed E-state index contributed by atoms with van der Waals surface area (Å²) in [6.07, 6.45) is 0. The summed E-state index contributed by atoms with van der Waals surface area (Å²) in [6, 6.07) is 10.2. The molecule has 0 unspecified atom stereocenters. The molecular formula is C15H13NO5. The van der Waals surface area contributed by atoms with Gasteiger partial charge in [0.15, 0.2) is 0 Å². The van der Waals surface area contributed by atoms with E-state index in [0.29, 0.717) is 0 Å². The third kappa shape index (κ3) is 2.94. The number of para-hydroxylation sites is 1. The Labute approximate surface area is 120 Å². The number of amides is 1. The van der Waals surface area contributed by atoms with Crippen LogP contribution in [0.5, 0.6) is 11.5 Å². The van der Waals surface area contributed by atoms with Gasteiger partial charge in [0.1, 0.15) is 17.1 Å². The molecule has 2 aromatic rings. The first-order chi connectivity index (χ1) is 10.0. The summed E-state index contributed by atoms with van der Waals surface area (Å²) in [4.78, 5) is 23.7. The number of hydrogen-bond donors (Lipinski definition) is 3. The number of carbonyl (C=O) groups excluding carboxylic acids is 2. The van der Waals surface area contributed by atoms with E-state index in [9.17, 15) is 19.8 Å². The Morgan fingerprint density at radius 2 is 1.62 bits per heavy atom. The van der Waals surface area contributed by atoms with Gasteiger partial charge in [0.25, 0.3) is 5.91 Å². The average molecular weight is 287 g/mol. The molecule has 0 saturated carbocycles. The lowest BCUT2D eigenvalue weighted by atomic mass is 10.1. The number of rotatable bonds is 3. The fraction of sp³-hybridized carbons (Fsp3) is 0.0667. The van der Waals surface area contributed by atoms with Crippen molar-refractivity contribution in [3.63, 3.8) is 0 Å². The number of anilines is 1. The van der Waals surface area contributed by atoms with Crippen LogP contribution < -0.4 is 5.32 Å². The molecule has 2 rings (SSSR count). The van der Waals surface area contributed by atoms with Gasteiger partial charge in [-0.05, 0) is 24.3 Å². The molecule has 1 amide bonds. The van der Waals surface area contributed by atoms with E-state index in [1.165, 1.54) is 37.4 Å². The highest BCUT2D eigenvalue weighted by Crippen LogP contribution is 2.27. The summed E-state index contributed by atoms with van der Waals surface area (Å²) in [5.41, 5.74) is 0.123. The molecule has 0 radical (unpaired) electrons. The maximum atomic E-state index is 12.1. The van der Waals surface area contributed by atoms with Gasteiger partial charge < -0.3 is 20.3 Å². The van der Waals surface area contributed by atoms with E-state index in [1.54, 1.807) is 12.1 Å². The Morgan fingerprint density at radius 3 is 2.24 bits per heavy atom. The minimum atomic E-state index is -0.734. The summed E-state index contributed by atoms with van der Waals surface area (Å²) in [5.74, 6) is -2.06. The van der Waals surface area contributed by atoms with Crippen LogP contribution in [0.1, 0.15) is 20.7 Å². The number of phenols is 2. The summed E-state index contributed by atoms with van der Waals surface area (Å²) in [5, 5.41) is 21.8. The molecule has 0 aliphatic carbocycles. The Bertz CT molecular complexity index is 676. The molecule has 6 heteroatoms. The molecule has 108 valence electrons. The molecule has 6 nitrogen and oxygen atoms in total. The van der Waals surface area contributed by atoms with Crippen molar-refractivity contribution in [2.75, 3.05) is 12.4 Å². The lowest BCUT2D eigenvalue weighted by Crippen LogP contribution is -2.15. The first-order valence-electron chi connectivity index (χ1n) is 6.04. The Kier molecular flexibility index (Phi) is 4.08. The van der Waals surface area contributed by atoms with Gasteiger partial charge in [-0.1, -0.05) is 18.2 Å². The zero-order valence-corrected chi connectivity index (χ0v) is 11.2. The van der Waals surface area contributed by atoms with Gasteiger partial charge in [-0.3, -0.25) is 4.79 Å². The molecule has 21 heavy (non-hydrogen) atoms. The van der Waals surface area contributed by atoms with E-state index in [0.717, 1.165) is 0 Å². The Balaban J connectivity index is 2.35. The van der Waals surface area contributed by atoms with Gasteiger partial charge in [-0.2, -0.15) is 0 Å². The van der Waals surface area contributed by atoms with Crippen molar-refractivity contribution in [1.29, 1.82) is 0 Å². The standard InChI is InChI=1S/C15H13NO5/c1-21-15(20)9-5-2-3-6-10(9)16-14(19)13-11(17)7-4-8-12(13)18/h2-8,17-18H,1H3,(H,16,19). The molecule has 0 heterocycles. The number of ether oxygens (including phenoxy) is 1. The highest BCUT2D eigenvalue weighted by molar-refractivity contribution is 6.10. The lowest BCUT2D eigenvalue weighted by molar-refractivity contribution is 0.0602. The molecule has 3 N–H and O–H groups in total. The summed E-state index contributed by atoms with van der Waals surface area (Å²) >= 11 is 0. The molecule has 0 aliphatic rings. The van der Waals surface area contributed by atoms with Crippen LogP contribution in [-0.2, 0) is 4.74 Å². The van der Waals surface area contributed by atoms with Crippen LogP contribution in [0.25, 0.3) is 0 Å². The number of phenolic OH excluding ortho intramolecular Hbond substituents is 2. The number of nitrogens with one attached hydrogen (secondary N) is 1. The smallest absolute Gasteiger partial charge is 0.339 e. The fourth-order valence-electron chi connectivity index (χ4n) is 1.83. The Hall–Kier alpha value is -3.02. The quantitative estimate of drug-likeness (QED) is 0.752. The second-order valence-corrected chi connectivity index (χ2v) is 4.16. The van der Waals surface area contributed by atoms with Crippen LogP contribution in [0, 0.1) is 0 Å². The van der Waals surface area contributed by atoms with E-state index >= 15 is 0 Å². The monoisotopic (exact) mass is 287 g/mol. The fourth-order valence-corrected chi connectivity index (χ4v) is 1.83. The summed E-state index contributed by atoms with van der Waals surface area (Å²) in [7, 11) is 1.23. The van der Waals surface area contributed by atoms with Crippen molar-refractivity contribution in [2.24, 2.45) is 0 Å². The first kappa shape index (κ1) is 14.4. The van der Waals surface area contributed by atoms with Gasteiger partial charge in [-0.25, -0.2) is 4.79 Å². The SMILES string of the molecule is COC(=O)c1ccccc1NC(=O)c1c(O)cccc1O. The van der Waals surface area contributed by atoms with Gasteiger partial charge in [0.05, 0.1) is 18.4 Å². The Morgan fingerprint density at radius 1 is 1.00 bits per heavy atom. The maximum absolute atomic E-state index is 12.1. The zero-order valence-electron chi connectivity index (χ0n) is 11.2. The van der Waals surface area contributed by atoms with E-state index in [4.69, 9.17) is 0 Å². The number of aromatic hydroxyl groups is 2. The second kappa shape index (κ2) is 5.96. The predicted octanol–water partition coefficient (Wildman–Crippen LogP) is 2.14. The van der Waals surface area contributed by atoms with Gasteiger partial charge in [0, 0.05) is 0 Å². The normalized spacial score (nSPS) is 9.95. The molecule has 0 aliphatic heterocycles. The molecule has 2 aromatic carbocycles. The van der Waals surface area contributed by atoms with Crippen LogP contribution >= 0.6 is 0 Å². The van der Waals surface area contributed by atoms with E-state index < -0.39 is 11.9 Å². The van der Waals surface area contributed by atoms with Crippen LogP contribution in [0.15, 0.2) is 42.5 Å². The second-order valence-electron chi connectivity index (χ2n) is 4.16. The predicted molar refractivity (Wildman–Crippen MR) is 75.5 cm³/mol. The number of esters is 1. The third-order valence-corrected chi connectivity index (χ3v) is 2.83. The molecule has 0 fully saturated rings. The minimum absolute atomic E-state index is 0.170. The van der Waals surface area contributed by atoms with Crippen molar-refractivity contribution in [3.05, 3.63) is 53.6 Å². The van der Waals surface area contributed by atoms with Crippen molar-refractivity contribution in [1.82, 2.24) is 0 Å². The molecular weight excluding hydrogens is 274 g/mol. The van der Waals surface area contributed by atoms with Gasteiger partial charge >= 0.3 is 5.97 Å². The highest BCUT2D eigenvalue weighted by Gasteiger charge is 2.19. The van der Waals surface area contributed by atoms with Crippen molar-refractivity contribution in [2.45, 2.75) is 0 Å². The first-order valence-corrected chi connectivity index (χ1v) is 6.04.